The Morgan fingerprint density at radius 2 is 2.17 bits per heavy atom. The molecule has 4 rings (SSSR count). The lowest BCUT2D eigenvalue weighted by atomic mass is 10.1. The molecule has 1 N–H and O–H groups in total. The second-order valence-electron chi connectivity index (χ2n) is 6.21. The number of allylic oxidation sites excluding steroid dienone is 1. The Morgan fingerprint density at radius 3 is 2.97 bits per heavy atom. The summed E-state index contributed by atoms with van der Waals surface area (Å²) < 4.78 is 11.5. The number of methoxy groups -OCH3 is 1. The van der Waals surface area contributed by atoms with Crippen molar-refractivity contribution in [3.05, 3.63) is 80.0 Å². The van der Waals surface area contributed by atoms with Crippen LogP contribution in [0.1, 0.15) is 5.01 Å². The Hall–Kier alpha value is -3.41. The third kappa shape index (κ3) is 4.13. The maximum Gasteiger partial charge on any atom is 0.345 e. The van der Waals surface area contributed by atoms with E-state index < -0.39 is 5.63 Å². The number of hydrogen-bond acceptors (Lipinski definition) is 7. The maximum absolute atomic E-state index is 12.4. The number of thiazole rings is 1. The molecule has 0 atom stereocenters. The summed E-state index contributed by atoms with van der Waals surface area (Å²) in [4.78, 5) is 16.9. The molecule has 8 heteroatoms. The Labute approximate surface area is 184 Å². The van der Waals surface area contributed by atoms with Crippen LogP contribution in [0.4, 0.5) is 5.69 Å². The van der Waals surface area contributed by atoms with Crippen LogP contribution in [-0.4, -0.2) is 12.1 Å². The molecule has 0 spiro atoms. The molecule has 30 heavy (non-hydrogen) atoms. The highest BCUT2D eigenvalue weighted by Crippen LogP contribution is 2.27. The molecule has 0 bridgehead atoms. The highest BCUT2D eigenvalue weighted by Gasteiger charge is 2.14. The van der Waals surface area contributed by atoms with Crippen molar-refractivity contribution in [3.63, 3.8) is 0 Å². The zero-order valence-corrected chi connectivity index (χ0v) is 18.1. The number of halogens is 1. The fraction of sp³-hybridized carbons (Fsp3) is 0.0455. The number of nitrogens with zero attached hydrogens (tertiary/aromatic N) is 2. The van der Waals surface area contributed by atoms with Crippen molar-refractivity contribution in [2.45, 2.75) is 0 Å². The van der Waals surface area contributed by atoms with Crippen molar-refractivity contribution in [2.24, 2.45) is 0 Å². The van der Waals surface area contributed by atoms with Gasteiger partial charge in [-0.2, -0.15) is 5.26 Å². The molecule has 0 aliphatic rings. The van der Waals surface area contributed by atoms with Gasteiger partial charge in [-0.05, 0) is 36.4 Å². The Bertz CT molecular complexity index is 1370. The molecule has 0 unspecified atom stereocenters. The van der Waals surface area contributed by atoms with Crippen LogP contribution in [-0.2, 0) is 0 Å². The molecule has 6 nitrogen and oxygen atoms in total. The van der Waals surface area contributed by atoms with Crippen LogP contribution >= 0.6 is 27.3 Å². The van der Waals surface area contributed by atoms with E-state index in [1.807, 2.05) is 36.4 Å². The number of aromatic nitrogens is 1. The molecule has 2 aromatic heterocycles. The minimum absolute atomic E-state index is 0.348. The number of hydrogen-bond donors (Lipinski definition) is 1. The molecule has 0 fully saturated rings. The second kappa shape index (κ2) is 8.53. The Morgan fingerprint density at radius 1 is 1.30 bits per heavy atom. The summed E-state index contributed by atoms with van der Waals surface area (Å²) in [5.41, 5.74) is 1.97. The minimum atomic E-state index is -0.473. The first-order chi connectivity index (χ1) is 14.6. The van der Waals surface area contributed by atoms with Gasteiger partial charge < -0.3 is 14.5 Å². The zero-order chi connectivity index (χ0) is 21.1. The van der Waals surface area contributed by atoms with Crippen LogP contribution in [0.2, 0.25) is 0 Å². The summed E-state index contributed by atoms with van der Waals surface area (Å²) in [6.45, 7) is 0. The van der Waals surface area contributed by atoms with Crippen LogP contribution in [0.5, 0.6) is 5.75 Å². The number of ether oxygens (including phenoxy) is 1. The average Bonchev–Trinajstić information content (AvgIpc) is 3.24. The number of benzene rings is 2. The molecular weight excluding hydrogens is 466 g/mol. The number of anilines is 1. The molecule has 148 valence electrons. The lowest BCUT2D eigenvalue weighted by molar-refractivity contribution is 0.415. The highest BCUT2D eigenvalue weighted by atomic mass is 79.9. The van der Waals surface area contributed by atoms with E-state index in [2.05, 4.69) is 32.3 Å². The Kier molecular flexibility index (Phi) is 5.65. The Balaban J connectivity index is 1.65. The van der Waals surface area contributed by atoms with Gasteiger partial charge in [0.25, 0.3) is 0 Å². The van der Waals surface area contributed by atoms with Gasteiger partial charge >= 0.3 is 5.63 Å². The summed E-state index contributed by atoms with van der Waals surface area (Å²) in [5.74, 6) is 0.707. The van der Waals surface area contributed by atoms with E-state index in [-0.39, 0.29) is 0 Å². The lowest BCUT2D eigenvalue weighted by Crippen LogP contribution is -2.03. The highest BCUT2D eigenvalue weighted by molar-refractivity contribution is 9.10. The fourth-order valence-corrected chi connectivity index (χ4v) is 3.97. The van der Waals surface area contributed by atoms with Crippen LogP contribution < -0.4 is 15.7 Å². The number of rotatable bonds is 5. The van der Waals surface area contributed by atoms with E-state index in [9.17, 15) is 10.1 Å². The number of fused-ring (bicyclic) bond motifs is 1. The van der Waals surface area contributed by atoms with Crippen molar-refractivity contribution < 1.29 is 9.15 Å². The molecule has 0 saturated heterocycles. The first kappa shape index (κ1) is 19.9. The molecule has 0 aliphatic carbocycles. The smallest absolute Gasteiger partial charge is 0.345 e. The van der Waals surface area contributed by atoms with E-state index >= 15 is 0 Å². The van der Waals surface area contributed by atoms with Gasteiger partial charge in [0, 0.05) is 33.2 Å². The molecule has 2 heterocycles. The van der Waals surface area contributed by atoms with Crippen LogP contribution in [0, 0.1) is 11.3 Å². The van der Waals surface area contributed by atoms with Gasteiger partial charge in [0.1, 0.15) is 28.0 Å². The number of nitrogens with one attached hydrogen (secondary N) is 1. The van der Waals surface area contributed by atoms with Crippen LogP contribution in [0.3, 0.4) is 0 Å². The quantitative estimate of drug-likeness (QED) is 0.293. The molecule has 0 radical (unpaired) electrons. The topological polar surface area (TPSA) is 88.2 Å². The van der Waals surface area contributed by atoms with Crippen molar-refractivity contribution in [1.29, 1.82) is 5.26 Å². The van der Waals surface area contributed by atoms with Gasteiger partial charge in [0.15, 0.2) is 0 Å². The van der Waals surface area contributed by atoms with Crippen LogP contribution in [0.25, 0.3) is 27.8 Å². The molecule has 0 amide bonds. The first-order valence-electron chi connectivity index (χ1n) is 8.78. The van der Waals surface area contributed by atoms with Crippen molar-refractivity contribution in [3.8, 4) is 23.1 Å². The average molecular weight is 480 g/mol. The van der Waals surface area contributed by atoms with Crippen molar-refractivity contribution in [2.75, 3.05) is 12.4 Å². The van der Waals surface area contributed by atoms with E-state index in [1.165, 1.54) is 11.3 Å². The molecule has 4 aromatic rings. The maximum atomic E-state index is 12.4. The summed E-state index contributed by atoms with van der Waals surface area (Å²) in [6, 6.07) is 16.7. The summed E-state index contributed by atoms with van der Waals surface area (Å²) in [7, 11) is 1.59. The van der Waals surface area contributed by atoms with Gasteiger partial charge in [0.2, 0.25) is 0 Å². The monoisotopic (exact) mass is 479 g/mol. The standard InChI is InChI=1S/C22H14BrN3O3S/c1-28-17-4-2-3-16(9-17)25-11-14(10-24)21-26-19(12-30-21)18-8-13-7-15(23)5-6-20(13)29-22(18)27/h2-9,11-12,25H,1H3/b14-11+. The van der Waals surface area contributed by atoms with E-state index in [1.54, 1.807) is 30.8 Å². The van der Waals surface area contributed by atoms with Crippen molar-refractivity contribution >= 4 is 49.5 Å². The second-order valence-corrected chi connectivity index (χ2v) is 7.99. The summed E-state index contributed by atoms with van der Waals surface area (Å²) >= 11 is 4.70. The third-order valence-electron chi connectivity index (χ3n) is 4.28. The minimum Gasteiger partial charge on any atom is -0.497 e. The van der Waals surface area contributed by atoms with Gasteiger partial charge in [-0.3, -0.25) is 0 Å². The van der Waals surface area contributed by atoms with Gasteiger partial charge in [-0.15, -0.1) is 11.3 Å². The summed E-state index contributed by atoms with van der Waals surface area (Å²) in [5, 5.41) is 15.7. The molecule has 0 aliphatic heterocycles. The largest absolute Gasteiger partial charge is 0.497 e. The first-order valence-corrected chi connectivity index (χ1v) is 10.4. The van der Waals surface area contributed by atoms with Gasteiger partial charge in [-0.1, -0.05) is 22.0 Å². The van der Waals surface area contributed by atoms with E-state index in [0.29, 0.717) is 33.2 Å². The third-order valence-corrected chi connectivity index (χ3v) is 5.65. The SMILES string of the molecule is COc1cccc(N/C=C(\C#N)c2nc(-c3cc4cc(Br)ccc4oc3=O)cs2)c1. The molecule has 0 saturated carbocycles. The predicted molar refractivity (Wildman–Crippen MR) is 121 cm³/mol. The van der Waals surface area contributed by atoms with Gasteiger partial charge in [-0.25, -0.2) is 9.78 Å². The zero-order valence-electron chi connectivity index (χ0n) is 15.7. The molecule has 2 aromatic carbocycles. The van der Waals surface area contributed by atoms with Crippen LogP contribution in [0.15, 0.2) is 73.8 Å². The van der Waals surface area contributed by atoms with Crippen molar-refractivity contribution in [1.82, 2.24) is 4.98 Å². The lowest BCUT2D eigenvalue weighted by Gasteiger charge is -2.04. The molecular formula is C22H14BrN3O3S. The van der Waals surface area contributed by atoms with E-state index in [4.69, 9.17) is 9.15 Å². The number of nitriles is 1. The van der Waals surface area contributed by atoms with E-state index in [0.717, 1.165) is 15.5 Å². The van der Waals surface area contributed by atoms with Gasteiger partial charge in [0.05, 0.1) is 18.4 Å². The normalized spacial score (nSPS) is 11.3. The fourth-order valence-electron chi connectivity index (χ4n) is 2.80. The predicted octanol–water partition coefficient (Wildman–Crippen LogP) is 5.66. The summed E-state index contributed by atoms with van der Waals surface area (Å²) in [6.07, 6.45) is 1.58.